The molecule has 8 heteroatoms. The second-order valence-corrected chi connectivity index (χ2v) is 8.21. The van der Waals surface area contributed by atoms with E-state index >= 15 is 0 Å². The molecule has 7 nitrogen and oxygen atoms in total. The molecule has 3 heterocycles. The van der Waals surface area contributed by atoms with Crippen LogP contribution in [0, 0.1) is 13.8 Å². The average Bonchev–Trinajstić information content (AvgIpc) is 2.84. The first-order valence-electron chi connectivity index (χ1n) is 8.94. The molecule has 0 aliphatic carbocycles. The number of aromatic nitrogens is 2. The number of morpholine rings is 1. The molecule has 1 aliphatic heterocycles. The van der Waals surface area contributed by atoms with E-state index in [-0.39, 0.29) is 30.2 Å². The quantitative estimate of drug-likeness (QED) is 0.849. The highest BCUT2D eigenvalue weighted by Crippen LogP contribution is 2.25. The van der Waals surface area contributed by atoms with Gasteiger partial charge in [-0.1, -0.05) is 0 Å². The first kappa shape index (κ1) is 19.0. The first-order chi connectivity index (χ1) is 12.3. The molecule has 3 rings (SSSR count). The third-order valence-electron chi connectivity index (χ3n) is 4.72. The van der Waals surface area contributed by atoms with Crippen molar-refractivity contribution in [2.75, 3.05) is 26.2 Å². The van der Waals surface area contributed by atoms with Gasteiger partial charge in [-0.05, 0) is 33.3 Å². The number of carbonyl (C=O) groups is 1. The Bertz CT molecular complexity index is 850. The summed E-state index contributed by atoms with van der Waals surface area (Å²) in [6.45, 7) is 11.1. The number of nitrogens with one attached hydrogen (secondary N) is 1. The SMILES string of the molecule is Cc1sc2ncn(CC(=O)NCCN3CC(C)OC(C)C3)c(=O)c2c1C. The molecule has 1 N–H and O–H groups in total. The van der Waals surface area contributed by atoms with Crippen LogP contribution in [0.1, 0.15) is 24.3 Å². The minimum atomic E-state index is -0.174. The van der Waals surface area contributed by atoms with Crippen LogP contribution in [0.3, 0.4) is 0 Å². The standard InChI is InChI=1S/C18H26N4O3S/c1-11-7-21(8-12(2)25-11)6-5-19-15(23)9-22-10-20-17-16(18(22)24)13(3)14(4)26-17/h10-12H,5-9H2,1-4H3,(H,19,23). The predicted octanol–water partition coefficient (Wildman–Crippen LogP) is 1.30. The van der Waals surface area contributed by atoms with Crippen molar-refractivity contribution < 1.29 is 9.53 Å². The number of thiophene rings is 1. The summed E-state index contributed by atoms with van der Waals surface area (Å²) in [6, 6.07) is 0. The molecule has 0 bridgehead atoms. The van der Waals surface area contributed by atoms with Crippen molar-refractivity contribution in [1.82, 2.24) is 19.8 Å². The molecule has 0 radical (unpaired) electrons. The number of rotatable bonds is 5. The Labute approximate surface area is 157 Å². The monoisotopic (exact) mass is 378 g/mol. The van der Waals surface area contributed by atoms with E-state index in [0.29, 0.717) is 11.9 Å². The largest absolute Gasteiger partial charge is 0.373 e. The fourth-order valence-electron chi connectivity index (χ4n) is 3.41. The molecule has 1 saturated heterocycles. The van der Waals surface area contributed by atoms with E-state index in [1.165, 1.54) is 22.2 Å². The van der Waals surface area contributed by atoms with Gasteiger partial charge in [-0.3, -0.25) is 19.1 Å². The molecule has 1 fully saturated rings. The van der Waals surface area contributed by atoms with Gasteiger partial charge in [0.05, 0.1) is 23.9 Å². The van der Waals surface area contributed by atoms with E-state index in [1.54, 1.807) is 0 Å². The lowest BCUT2D eigenvalue weighted by Gasteiger charge is -2.35. The summed E-state index contributed by atoms with van der Waals surface area (Å²) < 4.78 is 7.09. The molecule has 142 valence electrons. The first-order valence-corrected chi connectivity index (χ1v) is 9.76. The second kappa shape index (κ2) is 7.85. The van der Waals surface area contributed by atoms with Gasteiger partial charge in [0.15, 0.2) is 0 Å². The Hall–Kier alpha value is -1.77. The summed E-state index contributed by atoms with van der Waals surface area (Å²) in [4.78, 5) is 33.3. The van der Waals surface area contributed by atoms with Crippen LogP contribution in [-0.2, 0) is 16.1 Å². The number of nitrogens with zero attached hydrogens (tertiary/aromatic N) is 3. The van der Waals surface area contributed by atoms with Gasteiger partial charge in [-0.2, -0.15) is 0 Å². The summed E-state index contributed by atoms with van der Waals surface area (Å²) in [5, 5.41) is 3.52. The highest BCUT2D eigenvalue weighted by atomic mass is 32.1. The lowest BCUT2D eigenvalue weighted by atomic mass is 10.2. The van der Waals surface area contributed by atoms with E-state index in [0.717, 1.165) is 34.9 Å². The molecule has 1 amide bonds. The Morgan fingerprint density at radius 2 is 2.04 bits per heavy atom. The van der Waals surface area contributed by atoms with Gasteiger partial charge in [0.2, 0.25) is 5.91 Å². The van der Waals surface area contributed by atoms with Gasteiger partial charge in [0.1, 0.15) is 11.4 Å². The number of carbonyl (C=O) groups excluding carboxylic acids is 1. The van der Waals surface area contributed by atoms with E-state index in [4.69, 9.17) is 4.74 Å². The second-order valence-electron chi connectivity index (χ2n) is 7.01. The van der Waals surface area contributed by atoms with E-state index in [1.807, 2.05) is 13.8 Å². The summed E-state index contributed by atoms with van der Waals surface area (Å²) in [7, 11) is 0. The number of hydrogen-bond donors (Lipinski definition) is 1. The molecule has 2 aromatic heterocycles. The van der Waals surface area contributed by atoms with Gasteiger partial charge in [-0.25, -0.2) is 4.98 Å². The molecule has 0 aromatic carbocycles. The number of fused-ring (bicyclic) bond motifs is 1. The van der Waals surface area contributed by atoms with Crippen molar-refractivity contribution in [1.29, 1.82) is 0 Å². The maximum absolute atomic E-state index is 12.6. The van der Waals surface area contributed by atoms with Crippen LogP contribution in [0.2, 0.25) is 0 Å². The minimum absolute atomic E-state index is 0.00791. The molecular formula is C18H26N4O3S. The molecule has 2 unspecified atom stereocenters. The number of amides is 1. The van der Waals surface area contributed by atoms with Crippen molar-refractivity contribution in [3.05, 3.63) is 27.1 Å². The molecular weight excluding hydrogens is 352 g/mol. The van der Waals surface area contributed by atoms with Crippen molar-refractivity contribution >= 4 is 27.5 Å². The maximum atomic E-state index is 12.6. The van der Waals surface area contributed by atoms with Crippen LogP contribution in [0.15, 0.2) is 11.1 Å². The zero-order valence-corrected chi connectivity index (χ0v) is 16.6. The molecule has 0 spiro atoms. The van der Waals surface area contributed by atoms with Crippen molar-refractivity contribution in [3.63, 3.8) is 0 Å². The highest BCUT2D eigenvalue weighted by molar-refractivity contribution is 7.18. The van der Waals surface area contributed by atoms with Gasteiger partial charge in [0, 0.05) is 31.1 Å². The van der Waals surface area contributed by atoms with Crippen LogP contribution in [-0.4, -0.2) is 58.7 Å². The van der Waals surface area contributed by atoms with Crippen molar-refractivity contribution in [3.8, 4) is 0 Å². The van der Waals surface area contributed by atoms with E-state index in [2.05, 4.69) is 29.0 Å². The topological polar surface area (TPSA) is 76.5 Å². The summed E-state index contributed by atoms with van der Waals surface area (Å²) in [6.07, 6.45) is 1.89. The lowest BCUT2D eigenvalue weighted by Crippen LogP contribution is -2.48. The number of ether oxygens (including phenoxy) is 1. The fourth-order valence-corrected chi connectivity index (χ4v) is 4.40. The van der Waals surface area contributed by atoms with Gasteiger partial charge >= 0.3 is 0 Å². The average molecular weight is 378 g/mol. The van der Waals surface area contributed by atoms with Gasteiger partial charge in [0.25, 0.3) is 5.56 Å². The minimum Gasteiger partial charge on any atom is -0.373 e. The molecule has 2 atom stereocenters. The van der Waals surface area contributed by atoms with Crippen LogP contribution in [0.25, 0.3) is 10.2 Å². The Kier molecular flexibility index (Phi) is 5.74. The molecule has 0 saturated carbocycles. The third-order valence-corrected chi connectivity index (χ3v) is 5.83. The third kappa shape index (κ3) is 4.13. The molecule has 1 aliphatic rings. The molecule has 2 aromatic rings. The normalized spacial score (nSPS) is 21.2. The van der Waals surface area contributed by atoms with E-state index in [9.17, 15) is 9.59 Å². The van der Waals surface area contributed by atoms with Crippen LogP contribution in [0.4, 0.5) is 0 Å². The van der Waals surface area contributed by atoms with Gasteiger partial charge < -0.3 is 10.1 Å². The predicted molar refractivity (Wildman–Crippen MR) is 103 cm³/mol. The van der Waals surface area contributed by atoms with Crippen LogP contribution >= 0.6 is 11.3 Å². The summed E-state index contributed by atoms with van der Waals surface area (Å²) >= 11 is 1.51. The zero-order valence-electron chi connectivity index (χ0n) is 15.7. The fraction of sp³-hybridized carbons (Fsp3) is 0.611. The Balaban J connectivity index is 1.57. The summed E-state index contributed by atoms with van der Waals surface area (Å²) in [5.41, 5.74) is 0.802. The number of hydrogen-bond acceptors (Lipinski definition) is 6. The van der Waals surface area contributed by atoms with Crippen molar-refractivity contribution in [2.24, 2.45) is 0 Å². The number of aryl methyl sites for hydroxylation is 2. The van der Waals surface area contributed by atoms with Crippen LogP contribution in [0.5, 0.6) is 0 Å². The van der Waals surface area contributed by atoms with Crippen LogP contribution < -0.4 is 10.9 Å². The Morgan fingerprint density at radius 1 is 1.35 bits per heavy atom. The highest BCUT2D eigenvalue weighted by Gasteiger charge is 2.21. The summed E-state index contributed by atoms with van der Waals surface area (Å²) in [5.74, 6) is -0.174. The van der Waals surface area contributed by atoms with E-state index < -0.39 is 0 Å². The lowest BCUT2D eigenvalue weighted by molar-refractivity contribution is -0.121. The molecule has 26 heavy (non-hydrogen) atoms. The Morgan fingerprint density at radius 3 is 2.73 bits per heavy atom. The van der Waals surface area contributed by atoms with Gasteiger partial charge in [-0.15, -0.1) is 11.3 Å². The zero-order chi connectivity index (χ0) is 18.8. The maximum Gasteiger partial charge on any atom is 0.262 e. The van der Waals surface area contributed by atoms with Crippen molar-refractivity contribution in [2.45, 2.75) is 46.4 Å². The smallest absolute Gasteiger partial charge is 0.262 e.